The van der Waals surface area contributed by atoms with Gasteiger partial charge in [0.2, 0.25) is 0 Å². The normalized spacial score (nSPS) is 19.5. The zero-order valence-electron chi connectivity index (χ0n) is 11.5. The Hall–Kier alpha value is -1.39. The Kier molecular flexibility index (Phi) is 4.93. The Balaban J connectivity index is 2.01. The molecule has 1 heterocycles. The summed E-state index contributed by atoms with van der Waals surface area (Å²) >= 11 is 0. The lowest BCUT2D eigenvalue weighted by Crippen LogP contribution is -2.41. The first-order chi connectivity index (χ1) is 9.24. The minimum Gasteiger partial charge on any atom is -0.384 e. The average Bonchev–Trinajstić information content (AvgIpc) is 2.47. The summed E-state index contributed by atoms with van der Waals surface area (Å²) in [6.45, 7) is 2.88. The number of piperidine rings is 1. The van der Waals surface area contributed by atoms with E-state index in [0.29, 0.717) is 12.5 Å². The smallest absolute Gasteiger partial charge is 0.253 e. The minimum atomic E-state index is 0.115. The van der Waals surface area contributed by atoms with E-state index in [9.17, 15) is 4.79 Å². The van der Waals surface area contributed by atoms with Crippen molar-refractivity contribution in [2.75, 3.05) is 26.8 Å². The Labute approximate surface area is 114 Å². The number of amides is 1. The molecule has 0 spiro atoms. The molecule has 1 saturated heterocycles. The van der Waals surface area contributed by atoms with E-state index in [1.807, 2.05) is 29.2 Å². The van der Waals surface area contributed by atoms with E-state index in [0.717, 1.165) is 43.7 Å². The molecule has 1 aliphatic rings. The Bertz CT molecular complexity index is 415. The van der Waals surface area contributed by atoms with Crippen molar-refractivity contribution in [3.63, 3.8) is 0 Å². The first-order valence-corrected chi connectivity index (χ1v) is 6.82. The zero-order valence-corrected chi connectivity index (χ0v) is 11.5. The second-order valence-corrected chi connectivity index (χ2v) is 5.12. The molecule has 1 aromatic rings. The zero-order chi connectivity index (χ0) is 13.7. The number of carbonyl (C=O) groups is 1. The quantitative estimate of drug-likeness (QED) is 0.897. The first kappa shape index (κ1) is 14.0. The highest BCUT2D eigenvalue weighted by atomic mass is 16.5. The van der Waals surface area contributed by atoms with Crippen LogP contribution in [0.2, 0.25) is 0 Å². The van der Waals surface area contributed by atoms with Crippen LogP contribution in [0, 0.1) is 5.92 Å². The number of carbonyl (C=O) groups excluding carboxylic acids is 1. The number of rotatable bonds is 4. The molecule has 0 saturated carbocycles. The number of benzene rings is 1. The van der Waals surface area contributed by atoms with Gasteiger partial charge in [-0.2, -0.15) is 0 Å². The number of hydrogen-bond donors (Lipinski definition) is 1. The van der Waals surface area contributed by atoms with Crippen LogP contribution in [-0.2, 0) is 11.3 Å². The highest BCUT2D eigenvalue weighted by molar-refractivity contribution is 5.94. The van der Waals surface area contributed by atoms with E-state index in [2.05, 4.69) is 0 Å². The number of ether oxygens (including phenoxy) is 1. The molecule has 1 fully saturated rings. The van der Waals surface area contributed by atoms with E-state index in [-0.39, 0.29) is 5.91 Å². The molecule has 19 heavy (non-hydrogen) atoms. The summed E-state index contributed by atoms with van der Waals surface area (Å²) in [5, 5.41) is 0. The van der Waals surface area contributed by atoms with Crippen LogP contribution in [0.1, 0.15) is 28.8 Å². The summed E-state index contributed by atoms with van der Waals surface area (Å²) in [7, 11) is 1.71. The van der Waals surface area contributed by atoms with Gasteiger partial charge in [-0.15, -0.1) is 0 Å². The van der Waals surface area contributed by atoms with Crippen molar-refractivity contribution >= 4 is 5.91 Å². The molecule has 0 aliphatic carbocycles. The molecule has 4 nitrogen and oxygen atoms in total. The van der Waals surface area contributed by atoms with Gasteiger partial charge < -0.3 is 15.4 Å². The first-order valence-electron chi connectivity index (χ1n) is 6.82. The Morgan fingerprint density at radius 2 is 2.16 bits per heavy atom. The third-order valence-electron chi connectivity index (χ3n) is 3.65. The largest absolute Gasteiger partial charge is 0.384 e. The fourth-order valence-corrected chi connectivity index (χ4v) is 2.59. The monoisotopic (exact) mass is 262 g/mol. The molecule has 0 aromatic heterocycles. The average molecular weight is 262 g/mol. The molecular formula is C15H22N2O2. The molecular weight excluding hydrogens is 240 g/mol. The van der Waals surface area contributed by atoms with Gasteiger partial charge >= 0.3 is 0 Å². The van der Waals surface area contributed by atoms with Crippen LogP contribution in [0.5, 0.6) is 0 Å². The SMILES string of the molecule is COCC1CCCN(C(=O)c2ccc(CN)cc2)C1. The summed E-state index contributed by atoms with van der Waals surface area (Å²) < 4.78 is 5.19. The van der Waals surface area contributed by atoms with Crippen LogP contribution in [0.15, 0.2) is 24.3 Å². The third kappa shape index (κ3) is 3.55. The minimum absolute atomic E-state index is 0.115. The number of nitrogens with zero attached hydrogens (tertiary/aromatic N) is 1. The maximum absolute atomic E-state index is 12.4. The molecule has 1 aromatic carbocycles. The van der Waals surface area contributed by atoms with Gasteiger partial charge in [-0.05, 0) is 36.5 Å². The van der Waals surface area contributed by atoms with Gasteiger partial charge in [0.1, 0.15) is 0 Å². The van der Waals surface area contributed by atoms with Gasteiger partial charge in [-0.1, -0.05) is 12.1 Å². The highest BCUT2D eigenvalue weighted by Gasteiger charge is 2.24. The predicted molar refractivity (Wildman–Crippen MR) is 74.8 cm³/mol. The molecule has 0 radical (unpaired) electrons. The van der Waals surface area contributed by atoms with E-state index in [4.69, 9.17) is 10.5 Å². The number of likely N-dealkylation sites (tertiary alicyclic amines) is 1. The van der Waals surface area contributed by atoms with Crippen LogP contribution in [0.3, 0.4) is 0 Å². The Morgan fingerprint density at radius 3 is 2.79 bits per heavy atom. The van der Waals surface area contributed by atoms with E-state index in [1.165, 1.54) is 0 Å². The second-order valence-electron chi connectivity index (χ2n) is 5.12. The van der Waals surface area contributed by atoms with Crippen molar-refractivity contribution in [2.24, 2.45) is 11.7 Å². The van der Waals surface area contributed by atoms with Crippen molar-refractivity contribution in [1.82, 2.24) is 4.90 Å². The molecule has 2 rings (SSSR count). The van der Waals surface area contributed by atoms with Gasteiger partial charge in [0.05, 0.1) is 6.61 Å². The van der Waals surface area contributed by atoms with Crippen LogP contribution >= 0.6 is 0 Å². The molecule has 1 atom stereocenters. The lowest BCUT2D eigenvalue weighted by Gasteiger charge is -2.32. The topological polar surface area (TPSA) is 55.6 Å². The van der Waals surface area contributed by atoms with Crippen molar-refractivity contribution in [3.05, 3.63) is 35.4 Å². The Morgan fingerprint density at radius 1 is 1.42 bits per heavy atom. The van der Waals surface area contributed by atoms with Crippen molar-refractivity contribution in [1.29, 1.82) is 0 Å². The second kappa shape index (κ2) is 6.68. The standard InChI is InChI=1S/C15H22N2O2/c1-19-11-13-3-2-8-17(10-13)15(18)14-6-4-12(9-16)5-7-14/h4-7,13H,2-3,8-11,16H2,1H3. The third-order valence-corrected chi connectivity index (χ3v) is 3.65. The molecule has 1 aliphatic heterocycles. The van der Waals surface area contributed by atoms with Gasteiger partial charge in [-0.3, -0.25) is 4.79 Å². The summed E-state index contributed by atoms with van der Waals surface area (Å²) in [5.41, 5.74) is 7.36. The van der Waals surface area contributed by atoms with Gasteiger partial charge in [0, 0.05) is 32.3 Å². The predicted octanol–water partition coefficient (Wildman–Crippen LogP) is 1.64. The van der Waals surface area contributed by atoms with Crippen molar-refractivity contribution in [3.8, 4) is 0 Å². The molecule has 2 N–H and O–H groups in total. The maximum atomic E-state index is 12.4. The van der Waals surface area contributed by atoms with Crippen LogP contribution < -0.4 is 5.73 Å². The molecule has 0 bridgehead atoms. The highest BCUT2D eigenvalue weighted by Crippen LogP contribution is 2.19. The van der Waals surface area contributed by atoms with Gasteiger partial charge in [0.15, 0.2) is 0 Å². The lowest BCUT2D eigenvalue weighted by atomic mass is 9.98. The van der Waals surface area contributed by atoms with E-state index in [1.54, 1.807) is 7.11 Å². The molecule has 1 unspecified atom stereocenters. The van der Waals surface area contributed by atoms with Gasteiger partial charge in [-0.25, -0.2) is 0 Å². The van der Waals surface area contributed by atoms with Crippen LogP contribution in [-0.4, -0.2) is 37.6 Å². The number of hydrogen-bond acceptors (Lipinski definition) is 3. The molecule has 104 valence electrons. The van der Waals surface area contributed by atoms with Crippen molar-refractivity contribution in [2.45, 2.75) is 19.4 Å². The van der Waals surface area contributed by atoms with Crippen molar-refractivity contribution < 1.29 is 9.53 Å². The summed E-state index contributed by atoms with van der Waals surface area (Å²) in [6, 6.07) is 7.57. The molecule has 1 amide bonds. The molecule has 4 heteroatoms. The lowest BCUT2D eigenvalue weighted by molar-refractivity contribution is 0.0571. The summed E-state index contributed by atoms with van der Waals surface area (Å²) in [4.78, 5) is 14.3. The summed E-state index contributed by atoms with van der Waals surface area (Å²) in [5.74, 6) is 0.579. The number of methoxy groups -OCH3 is 1. The maximum Gasteiger partial charge on any atom is 0.253 e. The van der Waals surface area contributed by atoms with E-state index < -0.39 is 0 Å². The summed E-state index contributed by atoms with van der Waals surface area (Å²) in [6.07, 6.45) is 2.20. The number of nitrogens with two attached hydrogens (primary N) is 1. The van der Waals surface area contributed by atoms with Gasteiger partial charge in [0.25, 0.3) is 5.91 Å². The fourth-order valence-electron chi connectivity index (χ4n) is 2.59. The van der Waals surface area contributed by atoms with Crippen LogP contribution in [0.4, 0.5) is 0 Å². The van der Waals surface area contributed by atoms with Crippen LogP contribution in [0.25, 0.3) is 0 Å². The fraction of sp³-hybridized carbons (Fsp3) is 0.533. The van der Waals surface area contributed by atoms with E-state index >= 15 is 0 Å².